The highest BCUT2D eigenvalue weighted by Crippen LogP contribution is 2.37. The number of allylic oxidation sites excluding steroid dienone is 2. The molecule has 1 heteroatoms. The van der Waals surface area contributed by atoms with Crippen molar-refractivity contribution in [2.24, 2.45) is 11.8 Å². The molecule has 0 aromatic carbocycles. The van der Waals surface area contributed by atoms with Crippen molar-refractivity contribution in [3.63, 3.8) is 0 Å². The molecule has 2 aliphatic rings. The minimum atomic E-state index is 0.490. The number of hydrogen-bond acceptors (Lipinski definition) is 1. The Bertz CT molecular complexity index is 227. The molecule has 0 aromatic rings. The zero-order chi connectivity index (χ0) is 8.55. The van der Waals surface area contributed by atoms with Gasteiger partial charge in [-0.1, -0.05) is 11.6 Å². The Kier molecular flexibility index (Phi) is 2.03. The van der Waals surface area contributed by atoms with E-state index in [-0.39, 0.29) is 0 Å². The first-order valence-corrected chi connectivity index (χ1v) is 4.94. The van der Waals surface area contributed by atoms with Crippen LogP contribution in [-0.4, -0.2) is 5.78 Å². The van der Waals surface area contributed by atoms with E-state index in [1.807, 2.05) is 0 Å². The van der Waals surface area contributed by atoms with Crippen molar-refractivity contribution in [3.8, 4) is 0 Å². The van der Waals surface area contributed by atoms with E-state index >= 15 is 0 Å². The molecule has 0 radical (unpaired) electrons. The number of hydrogen-bond donors (Lipinski definition) is 0. The van der Waals surface area contributed by atoms with Gasteiger partial charge in [-0.2, -0.15) is 0 Å². The minimum Gasteiger partial charge on any atom is -0.300 e. The first-order chi connectivity index (χ1) is 5.75. The minimum absolute atomic E-state index is 0.490. The summed E-state index contributed by atoms with van der Waals surface area (Å²) in [5.41, 5.74) is 1.53. The Morgan fingerprint density at radius 1 is 1.33 bits per heavy atom. The van der Waals surface area contributed by atoms with Crippen molar-refractivity contribution in [2.45, 2.75) is 39.0 Å². The third kappa shape index (κ3) is 1.45. The normalized spacial score (nSPS) is 35.8. The van der Waals surface area contributed by atoms with E-state index < -0.39 is 0 Å². The summed E-state index contributed by atoms with van der Waals surface area (Å²) >= 11 is 0. The molecular weight excluding hydrogens is 148 g/mol. The number of carbonyl (C=O) groups is 1. The van der Waals surface area contributed by atoms with Crippen LogP contribution in [0.3, 0.4) is 0 Å². The molecule has 0 saturated heterocycles. The van der Waals surface area contributed by atoms with Crippen LogP contribution in [0, 0.1) is 11.8 Å². The van der Waals surface area contributed by atoms with Gasteiger partial charge in [0.25, 0.3) is 0 Å². The first kappa shape index (κ1) is 8.03. The van der Waals surface area contributed by atoms with Crippen LogP contribution in [0.15, 0.2) is 11.6 Å². The molecule has 0 aromatic heterocycles. The lowest BCUT2D eigenvalue weighted by Crippen LogP contribution is -2.26. The van der Waals surface area contributed by atoms with Crippen LogP contribution >= 0.6 is 0 Å². The van der Waals surface area contributed by atoms with E-state index in [1.165, 1.54) is 18.4 Å². The zero-order valence-electron chi connectivity index (χ0n) is 7.68. The Morgan fingerprint density at radius 2 is 2.17 bits per heavy atom. The van der Waals surface area contributed by atoms with Gasteiger partial charge >= 0.3 is 0 Å². The number of fused-ring (bicyclic) bond motifs is 1. The summed E-state index contributed by atoms with van der Waals surface area (Å²) in [7, 11) is 0. The van der Waals surface area contributed by atoms with Crippen molar-refractivity contribution in [2.75, 3.05) is 0 Å². The van der Waals surface area contributed by atoms with Crippen molar-refractivity contribution in [3.05, 3.63) is 11.6 Å². The molecule has 2 atom stereocenters. The van der Waals surface area contributed by atoms with Crippen molar-refractivity contribution >= 4 is 5.78 Å². The molecule has 1 saturated carbocycles. The second kappa shape index (κ2) is 3.04. The fourth-order valence-electron chi connectivity index (χ4n) is 2.51. The van der Waals surface area contributed by atoms with E-state index in [1.54, 1.807) is 0 Å². The highest BCUT2D eigenvalue weighted by atomic mass is 16.1. The lowest BCUT2D eigenvalue weighted by atomic mass is 9.72. The molecule has 12 heavy (non-hydrogen) atoms. The predicted molar refractivity (Wildman–Crippen MR) is 48.8 cm³/mol. The molecule has 0 amide bonds. The van der Waals surface area contributed by atoms with Crippen LogP contribution in [0.5, 0.6) is 0 Å². The average molecular weight is 164 g/mol. The summed E-state index contributed by atoms with van der Waals surface area (Å²) in [6.45, 7) is 2.21. The Labute approximate surface area is 73.8 Å². The van der Waals surface area contributed by atoms with Gasteiger partial charge in [-0.25, -0.2) is 0 Å². The van der Waals surface area contributed by atoms with Gasteiger partial charge in [0.1, 0.15) is 5.78 Å². The van der Waals surface area contributed by atoms with Crippen LogP contribution in [0.1, 0.15) is 39.0 Å². The van der Waals surface area contributed by atoms with Crippen LogP contribution < -0.4 is 0 Å². The summed E-state index contributed by atoms with van der Waals surface area (Å²) in [5.74, 6) is 1.91. The third-order valence-electron chi connectivity index (χ3n) is 3.26. The molecular formula is C11H16O. The smallest absolute Gasteiger partial charge is 0.133 e. The van der Waals surface area contributed by atoms with Crippen LogP contribution in [0.4, 0.5) is 0 Å². The summed E-state index contributed by atoms with van der Waals surface area (Å²) in [6.07, 6.45) is 7.66. The van der Waals surface area contributed by atoms with E-state index in [0.29, 0.717) is 11.7 Å². The second-order valence-electron chi connectivity index (χ2n) is 4.26. The lowest BCUT2D eigenvalue weighted by Gasteiger charge is -2.32. The molecule has 0 heterocycles. The molecule has 0 unspecified atom stereocenters. The summed E-state index contributed by atoms with van der Waals surface area (Å²) in [5, 5.41) is 0. The standard InChI is InChI=1S/C11H16O/c1-8-2-3-10-7-11(12)5-4-9(10)6-8/h6,9-10H,2-5,7H2,1H3/t9-,10-/m1/s1. The van der Waals surface area contributed by atoms with Gasteiger partial charge in [0.15, 0.2) is 0 Å². The van der Waals surface area contributed by atoms with Crippen LogP contribution in [-0.2, 0) is 4.79 Å². The number of Topliss-reactive ketones (excluding diaryl/α,β-unsaturated/α-hetero) is 1. The third-order valence-corrected chi connectivity index (χ3v) is 3.26. The van der Waals surface area contributed by atoms with E-state index in [2.05, 4.69) is 13.0 Å². The SMILES string of the molecule is CC1=C[C@H]2CCC(=O)C[C@H]2CC1. The number of carbonyl (C=O) groups excluding carboxylic acids is 1. The number of ketones is 1. The van der Waals surface area contributed by atoms with Gasteiger partial charge in [-0.3, -0.25) is 4.79 Å². The lowest BCUT2D eigenvalue weighted by molar-refractivity contribution is -0.122. The van der Waals surface area contributed by atoms with Crippen LogP contribution in [0.2, 0.25) is 0 Å². The van der Waals surface area contributed by atoms with Crippen molar-refractivity contribution in [1.29, 1.82) is 0 Å². The van der Waals surface area contributed by atoms with Gasteiger partial charge in [0, 0.05) is 12.8 Å². The summed E-state index contributed by atoms with van der Waals surface area (Å²) in [4.78, 5) is 11.2. The molecule has 0 bridgehead atoms. The van der Waals surface area contributed by atoms with Gasteiger partial charge in [0.2, 0.25) is 0 Å². The fraction of sp³-hybridized carbons (Fsp3) is 0.727. The highest BCUT2D eigenvalue weighted by Gasteiger charge is 2.29. The Hall–Kier alpha value is -0.590. The van der Waals surface area contributed by atoms with E-state index in [0.717, 1.165) is 25.2 Å². The molecule has 1 nitrogen and oxygen atoms in total. The predicted octanol–water partition coefficient (Wildman–Crippen LogP) is 2.71. The molecule has 2 aliphatic carbocycles. The Balaban J connectivity index is 2.10. The van der Waals surface area contributed by atoms with Crippen LogP contribution in [0.25, 0.3) is 0 Å². The van der Waals surface area contributed by atoms with Gasteiger partial charge in [0.05, 0.1) is 0 Å². The zero-order valence-corrected chi connectivity index (χ0v) is 7.68. The van der Waals surface area contributed by atoms with E-state index in [4.69, 9.17) is 0 Å². The average Bonchev–Trinajstić information content (AvgIpc) is 2.05. The van der Waals surface area contributed by atoms with Crippen molar-refractivity contribution in [1.82, 2.24) is 0 Å². The Morgan fingerprint density at radius 3 is 3.00 bits per heavy atom. The summed E-state index contributed by atoms with van der Waals surface area (Å²) in [6, 6.07) is 0. The van der Waals surface area contributed by atoms with Gasteiger partial charge in [-0.05, 0) is 38.0 Å². The maximum Gasteiger partial charge on any atom is 0.133 e. The molecule has 0 aliphatic heterocycles. The van der Waals surface area contributed by atoms with E-state index in [9.17, 15) is 4.79 Å². The topological polar surface area (TPSA) is 17.1 Å². The van der Waals surface area contributed by atoms with Gasteiger partial charge in [-0.15, -0.1) is 0 Å². The number of rotatable bonds is 0. The molecule has 66 valence electrons. The largest absolute Gasteiger partial charge is 0.300 e. The monoisotopic (exact) mass is 164 g/mol. The molecule has 0 spiro atoms. The molecule has 1 fully saturated rings. The maximum absolute atomic E-state index is 11.2. The quantitative estimate of drug-likeness (QED) is 0.503. The van der Waals surface area contributed by atoms with Gasteiger partial charge < -0.3 is 0 Å². The fourth-order valence-corrected chi connectivity index (χ4v) is 2.51. The highest BCUT2D eigenvalue weighted by molar-refractivity contribution is 5.79. The maximum atomic E-state index is 11.2. The van der Waals surface area contributed by atoms with Crippen molar-refractivity contribution < 1.29 is 4.79 Å². The second-order valence-corrected chi connectivity index (χ2v) is 4.26. The molecule has 0 N–H and O–H groups in total. The first-order valence-electron chi connectivity index (χ1n) is 4.94. The summed E-state index contributed by atoms with van der Waals surface area (Å²) < 4.78 is 0. The molecule has 2 rings (SSSR count).